The van der Waals surface area contributed by atoms with E-state index >= 15 is 0 Å². The molecule has 1 rings (SSSR count). The number of benzene rings is 1. The second-order valence-electron chi connectivity index (χ2n) is 4.33. The van der Waals surface area contributed by atoms with Gasteiger partial charge < -0.3 is 20.4 Å². The Hall–Kier alpha value is -1.26. The van der Waals surface area contributed by atoms with E-state index in [9.17, 15) is 5.11 Å². The van der Waals surface area contributed by atoms with Gasteiger partial charge in [-0.1, -0.05) is 13.0 Å². The van der Waals surface area contributed by atoms with E-state index in [4.69, 9.17) is 5.11 Å². The van der Waals surface area contributed by atoms with E-state index in [1.165, 1.54) is 0 Å². The van der Waals surface area contributed by atoms with Crippen LogP contribution >= 0.6 is 0 Å². The second kappa shape index (κ2) is 7.24. The van der Waals surface area contributed by atoms with E-state index in [1.54, 1.807) is 6.07 Å². The fourth-order valence-electron chi connectivity index (χ4n) is 2.10. The number of hydrogen-bond acceptors (Lipinski definition) is 4. The highest BCUT2D eigenvalue weighted by Gasteiger charge is 2.11. The molecule has 0 aromatic heterocycles. The van der Waals surface area contributed by atoms with Crippen molar-refractivity contribution in [2.45, 2.75) is 26.8 Å². The molecule has 1 aromatic rings. The molecule has 0 aliphatic heterocycles. The summed E-state index contributed by atoms with van der Waals surface area (Å²) in [6.45, 7) is 8.48. The topological polar surface area (TPSA) is 55.7 Å². The average Bonchev–Trinajstić information content (AvgIpc) is 2.36. The summed E-state index contributed by atoms with van der Waals surface area (Å²) in [6.07, 6.45) is 0. The number of nitrogens with one attached hydrogen (secondary N) is 1. The molecule has 0 radical (unpaired) electrons. The van der Waals surface area contributed by atoms with Crippen molar-refractivity contribution in [1.82, 2.24) is 5.32 Å². The fourth-order valence-corrected chi connectivity index (χ4v) is 2.10. The van der Waals surface area contributed by atoms with Crippen molar-refractivity contribution in [3.05, 3.63) is 23.8 Å². The van der Waals surface area contributed by atoms with Crippen molar-refractivity contribution < 1.29 is 10.2 Å². The predicted molar refractivity (Wildman–Crippen MR) is 75.2 cm³/mol. The summed E-state index contributed by atoms with van der Waals surface area (Å²) in [6, 6.07) is 5.83. The second-order valence-corrected chi connectivity index (χ2v) is 4.33. The van der Waals surface area contributed by atoms with Crippen molar-refractivity contribution in [3.63, 3.8) is 0 Å². The molecule has 0 spiro atoms. The molecule has 1 aromatic carbocycles. The van der Waals surface area contributed by atoms with Crippen LogP contribution in [0.25, 0.3) is 0 Å². The van der Waals surface area contributed by atoms with E-state index in [1.807, 2.05) is 37.8 Å². The Bertz CT molecular complexity index is 369. The highest BCUT2D eigenvalue weighted by Crippen LogP contribution is 2.28. The molecule has 0 heterocycles. The SMILES string of the molecule is CCNC(C)c1ccc(N(CC)CCO)cc1O. The molecule has 1 unspecified atom stereocenters. The van der Waals surface area contributed by atoms with Gasteiger partial charge in [-0.15, -0.1) is 0 Å². The minimum atomic E-state index is 0.115. The molecule has 0 bridgehead atoms. The van der Waals surface area contributed by atoms with Crippen LogP contribution in [0.5, 0.6) is 5.75 Å². The first-order valence-corrected chi connectivity index (χ1v) is 6.56. The highest BCUT2D eigenvalue weighted by atomic mass is 16.3. The van der Waals surface area contributed by atoms with Crippen LogP contribution in [0, 0.1) is 0 Å². The number of hydrogen-bond donors (Lipinski definition) is 3. The van der Waals surface area contributed by atoms with E-state index in [0.717, 1.165) is 24.3 Å². The smallest absolute Gasteiger partial charge is 0.122 e. The van der Waals surface area contributed by atoms with Gasteiger partial charge in [-0.2, -0.15) is 0 Å². The first-order valence-electron chi connectivity index (χ1n) is 6.56. The third-order valence-corrected chi connectivity index (χ3v) is 3.11. The highest BCUT2D eigenvalue weighted by molar-refractivity contribution is 5.54. The Morgan fingerprint density at radius 2 is 2.06 bits per heavy atom. The molecular formula is C14H24N2O2. The number of likely N-dealkylation sites (N-methyl/N-ethyl adjacent to an activating group) is 1. The van der Waals surface area contributed by atoms with Gasteiger partial charge in [0.2, 0.25) is 0 Å². The van der Waals surface area contributed by atoms with Crippen LogP contribution < -0.4 is 10.2 Å². The van der Waals surface area contributed by atoms with Crippen LogP contribution in [0.3, 0.4) is 0 Å². The number of phenols is 1. The predicted octanol–water partition coefficient (Wildman–Crippen LogP) is 1.88. The number of anilines is 1. The van der Waals surface area contributed by atoms with Crippen molar-refractivity contribution in [1.29, 1.82) is 0 Å². The number of rotatable bonds is 7. The van der Waals surface area contributed by atoms with Gasteiger partial charge in [-0.25, -0.2) is 0 Å². The van der Waals surface area contributed by atoms with Gasteiger partial charge in [0.1, 0.15) is 5.75 Å². The molecule has 0 aliphatic rings. The first-order chi connectivity index (χ1) is 8.63. The average molecular weight is 252 g/mol. The van der Waals surface area contributed by atoms with Gasteiger partial charge in [0.05, 0.1) is 6.61 Å². The first kappa shape index (κ1) is 14.8. The molecule has 4 nitrogen and oxygen atoms in total. The van der Waals surface area contributed by atoms with Crippen molar-refractivity contribution in [3.8, 4) is 5.75 Å². The van der Waals surface area contributed by atoms with Crippen LogP contribution in [0.2, 0.25) is 0 Å². The van der Waals surface area contributed by atoms with Gasteiger partial charge in [0, 0.05) is 36.4 Å². The normalized spacial score (nSPS) is 12.4. The fraction of sp³-hybridized carbons (Fsp3) is 0.571. The maximum absolute atomic E-state index is 10.1. The van der Waals surface area contributed by atoms with Crippen LogP contribution in [0.4, 0.5) is 5.69 Å². The lowest BCUT2D eigenvalue weighted by atomic mass is 10.1. The molecular weight excluding hydrogens is 228 g/mol. The standard InChI is InChI=1S/C14H24N2O2/c1-4-15-11(3)13-7-6-12(10-14(13)18)16(5-2)8-9-17/h6-7,10-11,15,17-18H,4-5,8-9H2,1-3H3. The van der Waals surface area contributed by atoms with Gasteiger partial charge in [0.25, 0.3) is 0 Å². The van der Waals surface area contributed by atoms with E-state index in [0.29, 0.717) is 12.3 Å². The maximum atomic E-state index is 10.1. The largest absolute Gasteiger partial charge is 0.508 e. The quantitative estimate of drug-likeness (QED) is 0.693. The Labute approximate surface area is 109 Å². The van der Waals surface area contributed by atoms with E-state index in [2.05, 4.69) is 5.32 Å². The maximum Gasteiger partial charge on any atom is 0.122 e. The number of phenolic OH excluding ortho intramolecular Hbond substituents is 1. The summed E-state index contributed by atoms with van der Waals surface area (Å²) in [5, 5.41) is 22.3. The molecule has 0 aliphatic carbocycles. The van der Waals surface area contributed by atoms with E-state index in [-0.39, 0.29) is 12.6 Å². The number of nitrogens with zero attached hydrogens (tertiary/aromatic N) is 1. The lowest BCUT2D eigenvalue weighted by Gasteiger charge is -2.23. The zero-order valence-electron chi connectivity index (χ0n) is 11.5. The summed E-state index contributed by atoms with van der Waals surface area (Å²) in [5.41, 5.74) is 1.84. The van der Waals surface area contributed by atoms with Crippen LogP contribution in [-0.4, -0.2) is 36.5 Å². The molecule has 0 amide bonds. The molecule has 3 N–H and O–H groups in total. The Kier molecular flexibility index (Phi) is 5.95. The van der Waals surface area contributed by atoms with Crippen molar-refractivity contribution >= 4 is 5.69 Å². The Balaban J connectivity index is 2.90. The van der Waals surface area contributed by atoms with Crippen molar-refractivity contribution in [2.24, 2.45) is 0 Å². The van der Waals surface area contributed by atoms with Gasteiger partial charge in [-0.05, 0) is 26.5 Å². The van der Waals surface area contributed by atoms with Gasteiger partial charge in [0.15, 0.2) is 0 Å². The Morgan fingerprint density at radius 1 is 1.33 bits per heavy atom. The molecule has 0 saturated carbocycles. The number of aliphatic hydroxyl groups is 1. The molecule has 1 atom stereocenters. The number of aliphatic hydroxyl groups excluding tert-OH is 1. The summed E-state index contributed by atoms with van der Waals surface area (Å²) in [5.74, 6) is 0.303. The third kappa shape index (κ3) is 3.62. The van der Waals surface area contributed by atoms with Crippen LogP contribution in [0.1, 0.15) is 32.4 Å². The third-order valence-electron chi connectivity index (χ3n) is 3.11. The minimum absolute atomic E-state index is 0.115. The van der Waals surface area contributed by atoms with Crippen LogP contribution in [0.15, 0.2) is 18.2 Å². The Morgan fingerprint density at radius 3 is 2.56 bits per heavy atom. The molecule has 0 fully saturated rings. The number of aromatic hydroxyl groups is 1. The zero-order valence-corrected chi connectivity index (χ0v) is 11.5. The summed E-state index contributed by atoms with van der Waals surface area (Å²) >= 11 is 0. The van der Waals surface area contributed by atoms with Gasteiger partial charge >= 0.3 is 0 Å². The molecule has 0 saturated heterocycles. The van der Waals surface area contributed by atoms with Crippen molar-refractivity contribution in [2.75, 3.05) is 31.1 Å². The lowest BCUT2D eigenvalue weighted by molar-refractivity contribution is 0.302. The summed E-state index contributed by atoms with van der Waals surface area (Å²) in [7, 11) is 0. The van der Waals surface area contributed by atoms with E-state index < -0.39 is 0 Å². The summed E-state index contributed by atoms with van der Waals surface area (Å²) < 4.78 is 0. The minimum Gasteiger partial charge on any atom is -0.508 e. The molecule has 4 heteroatoms. The monoisotopic (exact) mass is 252 g/mol. The summed E-state index contributed by atoms with van der Waals surface area (Å²) in [4.78, 5) is 2.03. The zero-order chi connectivity index (χ0) is 13.5. The van der Waals surface area contributed by atoms with Crippen LogP contribution in [-0.2, 0) is 0 Å². The lowest BCUT2D eigenvalue weighted by Crippen LogP contribution is -2.26. The molecule has 102 valence electrons. The molecule has 18 heavy (non-hydrogen) atoms. The van der Waals surface area contributed by atoms with Gasteiger partial charge in [-0.3, -0.25) is 0 Å².